The van der Waals surface area contributed by atoms with Gasteiger partial charge in [0, 0.05) is 12.6 Å². The first-order valence-electron chi connectivity index (χ1n) is 6.55. The van der Waals surface area contributed by atoms with Crippen molar-refractivity contribution in [1.29, 1.82) is 0 Å². The third-order valence-electron chi connectivity index (χ3n) is 4.20. The average molecular weight is 226 g/mol. The zero-order valence-corrected chi connectivity index (χ0v) is 11.1. The second-order valence-electron chi connectivity index (χ2n) is 5.30. The molecule has 0 aromatic rings. The molecule has 3 nitrogen and oxygen atoms in total. The van der Waals surface area contributed by atoms with Crippen molar-refractivity contribution in [3.8, 4) is 0 Å². The van der Waals surface area contributed by atoms with Crippen molar-refractivity contribution in [2.24, 2.45) is 17.6 Å². The van der Waals surface area contributed by atoms with Gasteiger partial charge in [0.15, 0.2) is 0 Å². The Morgan fingerprint density at radius 2 is 2.12 bits per heavy atom. The van der Waals surface area contributed by atoms with Gasteiger partial charge in [-0.2, -0.15) is 0 Å². The van der Waals surface area contributed by atoms with Gasteiger partial charge in [0.25, 0.3) is 0 Å². The molecule has 1 heterocycles. The van der Waals surface area contributed by atoms with Gasteiger partial charge < -0.3 is 10.6 Å². The predicted octanol–water partition coefficient (Wildman–Crippen LogP) is 2.01. The van der Waals surface area contributed by atoms with E-state index in [0.717, 1.165) is 19.4 Å². The quantitative estimate of drug-likeness (QED) is 0.800. The molecule has 1 aliphatic rings. The summed E-state index contributed by atoms with van der Waals surface area (Å²) in [6.45, 7) is 9.39. The van der Waals surface area contributed by atoms with Crippen LogP contribution in [0.2, 0.25) is 0 Å². The topological polar surface area (TPSA) is 46.3 Å². The van der Waals surface area contributed by atoms with Gasteiger partial charge in [-0.1, -0.05) is 27.2 Å². The van der Waals surface area contributed by atoms with Crippen molar-refractivity contribution in [3.05, 3.63) is 0 Å². The summed E-state index contributed by atoms with van der Waals surface area (Å²) in [5.41, 5.74) is 6.02. The minimum atomic E-state index is -0.322. The molecule has 3 heteroatoms. The van der Waals surface area contributed by atoms with E-state index in [1.807, 2.05) is 4.90 Å². The molecule has 1 fully saturated rings. The Hall–Kier alpha value is -0.570. The van der Waals surface area contributed by atoms with Crippen molar-refractivity contribution in [2.45, 2.75) is 59.0 Å². The fourth-order valence-corrected chi connectivity index (χ4v) is 2.34. The van der Waals surface area contributed by atoms with Gasteiger partial charge in [-0.3, -0.25) is 4.79 Å². The van der Waals surface area contributed by atoms with E-state index >= 15 is 0 Å². The Morgan fingerprint density at radius 1 is 1.50 bits per heavy atom. The molecule has 0 aromatic heterocycles. The zero-order valence-electron chi connectivity index (χ0n) is 11.1. The Balaban J connectivity index is 2.65. The maximum absolute atomic E-state index is 12.3. The van der Waals surface area contributed by atoms with Crippen LogP contribution in [0.25, 0.3) is 0 Å². The first-order valence-corrected chi connectivity index (χ1v) is 6.55. The molecule has 1 saturated heterocycles. The number of amides is 1. The maximum Gasteiger partial charge on any atom is 0.240 e. The van der Waals surface area contributed by atoms with E-state index < -0.39 is 0 Å². The third-order valence-corrected chi connectivity index (χ3v) is 4.20. The summed E-state index contributed by atoms with van der Waals surface area (Å²) in [5.74, 6) is 1.02. The fraction of sp³-hybridized carbons (Fsp3) is 0.923. The van der Waals surface area contributed by atoms with Crippen molar-refractivity contribution in [1.82, 2.24) is 4.90 Å². The SMILES string of the molecule is CC[C@H](C)[C@H](N)C(=O)N1CCCC(C)C1C. The first kappa shape index (κ1) is 13.5. The van der Waals surface area contributed by atoms with Crippen LogP contribution in [0, 0.1) is 11.8 Å². The van der Waals surface area contributed by atoms with Gasteiger partial charge in [0.05, 0.1) is 6.04 Å². The van der Waals surface area contributed by atoms with Crippen molar-refractivity contribution in [3.63, 3.8) is 0 Å². The lowest BCUT2D eigenvalue weighted by molar-refractivity contribution is -0.138. The largest absolute Gasteiger partial charge is 0.338 e. The molecule has 2 unspecified atom stereocenters. The highest BCUT2D eigenvalue weighted by atomic mass is 16.2. The third kappa shape index (κ3) is 2.76. The van der Waals surface area contributed by atoms with Crippen LogP contribution in [0.3, 0.4) is 0 Å². The van der Waals surface area contributed by atoms with Crippen molar-refractivity contribution < 1.29 is 4.79 Å². The van der Waals surface area contributed by atoms with Gasteiger partial charge >= 0.3 is 0 Å². The van der Waals surface area contributed by atoms with Gasteiger partial charge in [-0.15, -0.1) is 0 Å². The van der Waals surface area contributed by atoms with E-state index in [1.165, 1.54) is 6.42 Å². The minimum Gasteiger partial charge on any atom is -0.338 e. The normalized spacial score (nSPS) is 29.9. The van der Waals surface area contributed by atoms with E-state index in [1.54, 1.807) is 0 Å². The Bertz CT molecular complexity index is 242. The lowest BCUT2D eigenvalue weighted by Crippen LogP contribution is -2.53. The molecule has 1 rings (SSSR count). The molecule has 94 valence electrons. The molecule has 1 amide bonds. The number of carbonyl (C=O) groups is 1. The van der Waals surface area contributed by atoms with E-state index in [9.17, 15) is 4.79 Å². The Kier molecular flexibility index (Phi) is 4.78. The maximum atomic E-state index is 12.3. The van der Waals surface area contributed by atoms with E-state index in [2.05, 4.69) is 27.7 Å². The monoisotopic (exact) mass is 226 g/mol. The fourth-order valence-electron chi connectivity index (χ4n) is 2.34. The molecule has 1 aliphatic heterocycles. The number of nitrogens with zero attached hydrogens (tertiary/aromatic N) is 1. The standard InChI is InChI=1S/C13H26N2O/c1-5-9(2)12(14)13(16)15-8-6-7-10(3)11(15)4/h9-12H,5-8,14H2,1-4H3/t9-,10?,11?,12-/m0/s1. The number of likely N-dealkylation sites (tertiary alicyclic amines) is 1. The van der Waals surface area contributed by atoms with E-state index in [-0.39, 0.29) is 17.9 Å². The number of nitrogens with two attached hydrogens (primary N) is 1. The zero-order chi connectivity index (χ0) is 12.3. The van der Waals surface area contributed by atoms with Crippen LogP contribution in [0.15, 0.2) is 0 Å². The number of hydrogen-bond acceptors (Lipinski definition) is 2. The second-order valence-corrected chi connectivity index (χ2v) is 5.30. The Morgan fingerprint density at radius 3 is 2.69 bits per heavy atom. The summed E-state index contributed by atoms with van der Waals surface area (Å²) in [6.07, 6.45) is 3.30. The molecule has 16 heavy (non-hydrogen) atoms. The van der Waals surface area contributed by atoms with Crippen LogP contribution in [-0.4, -0.2) is 29.4 Å². The number of piperidine rings is 1. The molecule has 0 saturated carbocycles. The number of rotatable bonds is 3. The highest BCUT2D eigenvalue weighted by Gasteiger charge is 2.32. The summed E-state index contributed by atoms with van der Waals surface area (Å²) in [4.78, 5) is 14.2. The van der Waals surface area contributed by atoms with E-state index in [4.69, 9.17) is 5.73 Å². The lowest BCUT2D eigenvalue weighted by Gasteiger charge is -2.40. The van der Waals surface area contributed by atoms with Gasteiger partial charge in [-0.05, 0) is 31.6 Å². The molecular formula is C13H26N2O. The molecule has 0 aromatic carbocycles. The molecule has 0 bridgehead atoms. The van der Waals surface area contributed by atoms with Gasteiger partial charge in [0.1, 0.15) is 0 Å². The predicted molar refractivity (Wildman–Crippen MR) is 67.0 cm³/mol. The van der Waals surface area contributed by atoms with Crippen LogP contribution >= 0.6 is 0 Å². The highest BCUT2D eigenvalue weighted by Crippen LogP contribution is 2.24. The van der Waals surface area contributed by atoms with Crippen LogP contribution in [0.1, 0.15) is 47.0 Å². The molecular weight excluding hydrogens is 200 g/mol. The molecule has 2 N–H and O–H groups in total. The van der Waals surface area contributed by atoms with Gasteiger partial charge in [0.2, 0.25) is 5.91 Å². The lowest BCUT2D eigenvalue weighted by atomic mass is 9.90. The van der Waals surface area contributed by atoms with Crippen molar-refractivity contribution in [2.75, 3.05) is 6.54 Å². The molecule has 4 atom stereocenters. The molecule has 0 aliphatic carbocycles. The molecule has 0 radical (unpaired) electrons. The van der Waals surface area contributed by atoms with Crippen LogP contribution in [0.4, 0.5) is 0 Å². The Labute approximate surface area is 99.4 Å². The molecule has 0 spiro atoms. The smallest absolute Gasteiger partial charge is 0.240 e. The van der Waals surface area contributed by atoms with Gasteiger partial charge in [-0.25, -0.2) is 0 Å². The number of carbonyl (C=O) groups excluding carboxylic acids is 1. The second kappa shape index (κ2) is 5.67. The average Bonchev–Trinajstić information content (AvgIpc) is 2.29. The van der Waals surface area contributed by atoms with Crippen LogP contribution < -0.4 is 5.73 Å². The van der Waals surface area contributed by atoms with Crippen LogP contribution in [0.5, 0.6) is 0 Å². The van der Waals surface area contributed by atoms with Crippen molar-refractivity contribution >= 4 is 5.91 Å². The highest BCUT2D eigenvalue weighted by molar-refractivity contribution is 5.82. The van der Waals surface area contributed by atoms with E-state index in [0.29, 0.717) is 12.0 Å². The summed E-state index contributed by atoms with van der Waals surface area (Å²) < 4.78 is 0. The number of hydrogen-bond donors (Lipinski definition) is 1. The summed E-state index contributed by atoms with van der Waals surface area (Å²) in [7, 11) is 0. The summed E-state index contributed by atoms with van der Waals surface area (Å²) >= 11 is 0. The minimum absolute atomic E-state index is 0.147. The summed E-state index contributed by atoms with van der Waals surface area (Å²) in [5, 5.41) is 0. The summed E-state index contributed by atoms with van der Waals surface area (Å²) in [6, 6.07) is 0.0223. The van der Waals surface area contributed by atoms with Crippen LogP contribution in [-0.2, 0) is 4.79 Å². The first-order chi connectivity index (χ1) is 7.49.